The highest BCUT2D eigenvalue weighted by molar-refractivity contribution is 14.1. The van der Waals surface area contributed by atoms with Crippen LogP contribution in [0.2, 0.25) is 0 Å². The largest absolute Gasteiger partial charge is 0.459 e. The Morgan fingerprint density at radius 1 is 1.73 bits per heavy atom. The monoisotopic (exact) mass is 266 g/mol. The van der Waals surface area contributed by atoms with Gasteiger partial charge in [-0.3, -0.25) is 0 Å². The normalized spacial score (nSPS) is 23.4. The maximum atomic E-state index is 10.7. The number of halogens is 1. The molecule has 1 unspecified atom stereocenters. The number of carbonyl (C=O) groups excluding carboxylic acids is 1. The van der Waals surface area contributed by atoms with Gasteiger partial charge in [0.2, 0.25) is 0 Å². The molecule has 0 amide bonds. The van der Waals surface area contributed by atoms with Crippen molar-refractivity contribution in [2.24, 2.45) is 0 Å². The van der Waals surface area contributed by atoms with Gasteiger partial charge in [-0.05, 0) is 17.3 Å². The first kappa shape index (κ1) is 9.03. The van der Waals surface area contributed by atoms with Crippen LogP contribution in [0.5, 0.6) is 0 Å². The van der Waals surface area contributed by atoms with Gasteiger partial charge in [0.1, 0.15) is 6.10 Å². The molecule has 0 N–H and O–H groups in total. The Bertz CT molecular complexity index is 165. The Balaban J connectivity index is 2.26. The molecule has 0 radical (unpaired) electrons. The molecule has 0 saturated carbocycles. The van der Waals surface area contributed by atoms with Crippen LogP contribution in [-0.2, 0) is 9.53 Å². The first-order valence-corrected chi connectivity index (χ1v) is 5.28. The molecule has 1 rings (SSSR count). The summed E-state index contributed by atoms with van der Waals surface area (Å²) in [7, 11) is 0. The van der Waals surface area contributed by atoms with E-state index in [1.165, 1.54) is 6.08 Å². The van der Waals surface area contributed by atoms with Crippen LogP contribution in [0.3, 0.4) is 0 Å². The number of esters is 1. The summed E-state index contributed by atoms with van der Waals surface area (Å²) in [5.41, 5.74) is 0. The van der Waals surface area contributed by atoms with Crippen molar-refractivity contribution in [3.05, 3.63) is 12.2 Å². The zero-order valence-electron chi connectivity index (χ0n) is 6.25. The van der Waals surface area contributed by atoms with Gasteiger partial charge in [0.25, 0.3) is 0 Å². The van der Waals surface area contributed by atoms with Crippen molar-refractivity contribution in [1.29, 1.82) is 0 Å². The summed E-state index contributed by atoms with van der Waals surface area (Å²) in [6.45, 7) is 0. The minimum atomic E-state index is -0.185. The Morgan fingerprint density at radius 2 is 2.55 bits per heavy atom. The van der Waals surface area contributed by atoms with E-state index in [9.17, 15) is 4.79 Å². The number of carbonyl (C=O) groups is 1. The highest BCUT2D eigenvalue weighted by Gasteiger charge is 2.14. The molecule has 2 nitrogen and oxygen atoms in total. The molecule has 0 aromatic carbocycles. The third-order valence-electron chi connectivity index (χ3n) is 1.60. The minimum Gasteiger partial charge on any atom is -0.459 e. The Labute approximate surface area is 80.1 Å². The fourth-order valence-corrected chi connectivity index (χ4v) is 1.49. The fraction of sp³-hybridized carbons (Fsp3) is 0.625. The molecular weight excluding hydrogens is 255 g/mol. The lowest BCUT2D eigenvalue weighted by atomic mass is 10.1. The lowest BCUT2D eigenvalue weighted by Gasteiger charge is -2.17. The van der Waals surface area contributed by atoms with Gasteiger partial charge in [0.15, 0.2) is 0 Å². The molecule has 0 aromatic heterocycles. The number of cyclic esters (lactones) is 1. The van der Waals surface area contributed by atoms with Crippen molar-refractivity contribution < 1.29 is 9.53 Å². The van der Waals surface area contributed by atoms with E-state index in [2.05, 4.69) is 22.6 Å². The van der Waals surface area contributed by atoms with Crippen LogP contribution in [0.1, 0.15) is 19.3 Å². The van der Waals surface area contributed by atoms with Crippen molar-refractivity contribution in [1.82, 2.24) is 0 Å². The second-order valence-electron chi connectivity index (χ2n) is 2.53. The van der Waals surface area contributed by atoms with Crippen LogP contribution in [0.25, 0.3) is 0 Å². The molecular formula is C8H11IO2. The molecule has 3 heteroatoms. The summed E-state index contributed by atoms with van der Waals surface area (Å²) in [6, 6.07) is 0. The summed E-state index contributed by atoms with van der Waals surface area (Å²) in [6.07, 6.45) is 6.56. The number of hydrogen-bond acceptors (Lipinski definition) is 2. The Morgan fingerprint density at radius 3 is 3.18 bits per heavy atom. The van der Waals surface area contributed by atoms with Crippen molar-refractivity contribution in [2.45, 2.75) is 25.4 Å². The molecule has 1 atom stereocenters. The van der Waals surface area contributed by atoms with Gasteiger partial charge in [-0.1, -0.05) is 28.7 Å². The SMILES string of the molecule is O=C1C=CCC(CCCI)O1. The van der Waals surface area contributed by atoms with Gasteiger partial charge in [-0.2, -0.15) is 0 Å². The molecule has 62 valence electrons. The predicted molar refractivity (Wildman–Crippen MR) is 51.8 cm³/mol. The lowest BCUT2D eigenvalue weighted by Crippen LogP contribution is -2.19. The topological polar surface area (TPSA) is 26.3 Å². The molecule has 11 heavy (non-hydrogen) atoms. The van der Waals surface area contributed by atoms with Crippen molar-refractivity contribution >= 4 is 28.6 Å². The lowest BCUT2D eigenvalue weighted by molar-refractivity contribution is -0.144. The van der Waals surface area contributed by atoms with Crippen LogP contribution in [-0.4, -0.2) is 16.5 Å². The molecule has 0 fully saturated rings. The number of ether oxygens (including phenoxy) is 1. The highest BCUT2D eigenvalue weighted by atomic mass is 127. The summed E-state index contributed by atoms with van der Waals surface area (Å²) >= 11 is 2.33. The average Bonchev–Trinajstić information content (AvgIpc) is 2.01. The van der Waals surface area contributed by atoms with E-state index in [0.29, 0.717) is 0 Å². The maximum absolute atomic E-state index is 10.7. The summed E-state index contributed by atoms with van der Waals surface area (Å²) in [5.74, 6) is -0.185. The van der Waals surface area contributed by atoms with E-state index in [1.807, 2.05) is 6.08 Å². The first-order chi connectivity index (χ1) is 5.33. The number of rotatable bonds is 3. The zero-order valence-corrected chi connectivity index (χ0v) is 8.41. The van der Waals surface area contributed by atoms with Crippen LogP contribution < -0.4 is 0 Å². The molecule has 0 bridgehead atoms. The third kappa shape index (κ3) is 3.22. The zero-order chi connectivity index (χ0) is 8.10. The van der Waals surface area contributed by atoms with Gasteiger partial charge in [-0.25, -0.2) is 4.79 Å². The molecule has 1 aliphatic rings. The highest BCUT2D eigenvalue weighted by Crippen LogP contribution is 2.13. The first-order valence-electron chi connectivity index (χ1n) is 3.76. The van der Waals surface area contributed by atoms with Gasteiger partial charge >= 0.3 is 5.97 Å². The van der Waals surface area contributed by atoms with Crippen molar-refractivity contribution in [3.63, 3.8) is 0 Å². The molecule has 0 aliphatic carbocycles. The summed E-state index contributed by atoms with van der Waals surface area (Å²) in [4.78, 5) is 10.7. The molecule has 0 aromatic rings. The number of hydrogen-bond donors (Lipinski definition) is 0. The van der Waals surface area contributed by atoms with Gasteiger partial charge in [-0.15, -0.1) is 0 Å². The maximum Gasteiger partial charge on any atom is 0.330 e. The van der Waals surface area contributed by atoms with E-state index >= 15 is 0 Å². The third-order valence-corrected chi connectivity index (χ3v) is 2.36. The smallest absolute Gasteiger partial charge is 0.330 e. The summed E-state index contributed by atoms with van der Waals surface area (Å²) < 4.78 is 6.19. The van der Waals surface area contributed by atoms with E-state index < -0.39 is 0 Å². The molecule has 1 aliphatic heterocycles. The van der Waals surface area contributed by atoms with Crippen LogP contribution in [0.4, 0.5) is 0 Å². The van der Waals surface area contributed by atoms with Crippen molar-refractivity contribution in [3.8, 4) is 0 Å². The Kier molecular flexibility index (Phi) is 3.90. The number of alkyl halides is 1. The summed E-state index contributed by atoms with van der Waals surface area (Å²) in [5, 5.41) is 0. The van der Waals surface area contributed by atoms with Gasteiger partial charge in [0.05, 0.1) is 0 Å². The van der Waals surface area contributed by atoms with Crippen LogP contribution in [0, 0.1) is 0 Å². The molecule has 0 saturated heterocycles. The van der Waals surface area contributed by atoms with Crippen LogP contribution in [0.15, 0.2) is 12.2 Å². The van der Waals surface area contributed by atoms with Crippen molar-refractivity contribution in [2.75, 3.05) is 4.43 Å². The standard InChI is InChI=1S/C8H11IO2/c9-6-2-4-7-3-1-5-8(10)11-7/h1,5,7H,2-4,6H2. The minimum absolute atomic E-state index is 0.141. The van der Waals surface area contributed by atoms with E-state index in [-0.39, 0.29) is 12.1 Å². The fourth-order valence-electron chi connectivity index (χ4n) is 1.05. The van der Waals surface area contributed by atoms with Crippen LogP contribution >= 0.6 is 22.6 Å². The predicted octanol–water partition coefficient (Wildman–Crippen LogP) is 2.07. The van der Waals surface area contributed by atoms with Gasteiger partial charge in [0, 0.05) is 12.5 Å². The second-order valence-corrected chi connectivity index (χ2v) is 3.61. The molecule has 1 heterocycles. The average molecular weight is 266 g/mol. The molecule has 0 spiro atoms. The van der Waals surface area contributed by atoms with E-state index in [4.69, 9.17) is 4.74 Å². The quantitative estimate of drug-likeness (QED) is 0.444. The Hall–Kier alpha value is -0.0600. The second kappa shape index (κ2) is 4.74. The van der Waals surface area contributed by atoms with Gasteiger partial charge < -0.3 is 4.74 Å². The van der Waals surface area contributed by atoms with E-state index in [0.717, 1.165) is 23.7 Å². The van der Waals surface area contributed by atoms with E-state index in [1.54, 1.807) is 0 Å².